The number of hydrogen-bond acceptors (Lipinski definition) is 5. The van der Waals surface area contributed by atoms with Crippen LogP contribution in [0.4, 0.5) is 0 Å². The number of carbonyl (C=O) groups excluding carboxylic acids is 1. The molecule has 1 aromatic rings. The van der Waals surface area contributed by atoms with Gasteiger partial charge in [-0.1, -0.05) is 0 Å². The molecule has 21 heavy (non-hydrogen) atoms. The molecule has 0 unspecified atom stereocenters. The van der Waals surface area contributed by atoms with Crippen LogP contribution in [0.5, 0.6) is 11.5 Å². The van der Waals surface area contributed by atoms with E-state index in [1.54, 1.807) is 37.1 Å². The van der Waals surface area contributed by atoms with E-state index in [1.165, 1.54) is 0 Å². The molecule has 6 heteroatoms. The van der Waals surface area contributed by atoms with Crippen molar-refractivity contribution in [2.24, 2.45) is 0 Å². The van der Waals surface area contributed by atoms with Gasteiger partial charge >= 0.3 is 0 Å². The van der Waals surface area contributed by atoms with Crippen LogP contribution < -0.4 is 9.47 Å². The van der Waals surface area contributed by atoms with E-state index in [1.807, 2.05) is 0 Å². The van der Waals surface area contributed by atoms with Crippen LogP contribution in [0.1, 0.15) is 18.6 Å². The third kappa shape index (κ3) is 4.09. The van der Waals surface area contributed by atoms with E-state index in [2.05, 4.69) is 0 Å². The maximum absolute atomic E-state index is 12.1. The number of amides is 1. The van der Waals surface area contributed by atoms with E-state index in [9.17, 15) is 9.90 Å². The third-order valence-corrected chi connectivity index (χ3v) is 3.39. The predicted molar refractivity (Wildman–Crippen MR) is 76.5 cm³/mol. The minimum atomic E-state index is -0.676. The maximum atomic E-state index is 12.1. The summed E-state index contributed by atoms with van der Waals surface area (Å²) in [6, 6.07) is 5.16. The second kappa shape index (κ2) is 7.28. The average molecular weight is 295 g/mol. The first-order chi connectivity index (χ1) is 10.1. The van der Waals surface area contributed by atoms with Gasteiger partial charge in [-0.25, -0.2) is 0 Å². The van der Waals surface area contributed by atoms with Gasteiger partial charge in [0.05, 0.1) is 26.4 Å². The Morgan fingerprint density at radius 3 is 2.76 bits per heavy atom. The zero-order valence-electron chi connectivity index (χ0n) is 12.4. The van der Waals surface area contributed by atoms with Crippen molar-refractivity contribution in [3.63, 3.8) is 0 Å². The zero-order chi connectivity index (χ0) is 15.2. The van der Waals surface area contributed by atoms with Gasteiger partial charge in [-0.15, -0.1) is 0 Å². The van der Waals surface area contributed by atoms with Crippen LogP contribution in [0.15, 0.2) is 18.2 Å². The smallest absolute Gasteiger partial charge is 0.260 e. The highest BCUT2D eigenvalue weighted by Crippen LogP contribution is 2.29. The van der Waals surface area contributed by atoms with Gasteiger partial charge in [0.25, 0.3) is 5.91 Å². The van der Waals surface area contributed by atoms with Gasteiger partial charge in [0.1, 0.15) is 11.5 Å². The van der Waals surface area contributed by atoms with Crippen LogP contribution in [0.2, 0.25) is 0 Å². The van der Waals surface area contributed by atoms with Crippen molar-refractivity contribution in [3.05, 3.63) is 23.8 Å². The van der Waals surface area contributed by atoms with Crippen LogP contribution >= 0.6 is 0 Å². The van der Waals surface area contributed by atoms with E-state index < -0.39 is 6.10 Å². The van der Waals surface area contributed by atoms with Gasteiger partial charge in [0, 0.05) is 24.7 Å². The maximum Gasteiger partial charge on any atom is 0.260 e. The molecule has 0 bridgehead atoms. The summed E-state index contributed by atoms with van der Waals surface area (Å²) in [5.74, 6) is 0.997. The highest BCUT2D eigenvalue weighted by Gasteiger charge is 2.18. The quantitative estimate of drug-likeness (QED) is 0.877. The summed E-state index contributed by atoms with van der Waals surface area (Å²) >= 11 is 0. The lowest BCUT2D eigenvalue weighted by molar-refractivity contribution is -0.137. The zero-order valence-corrected chi connectivity index (χ0v) is 12.4. The number of morpholine rings is 1. The standard InChI is InChI=1S/C15H21NO5/c1-11(17)13-4-3-12(19-2)9-14(13)21-10-15(18)16-5-7-20-8-6-16/h3-4,9,11,17H,5-8,10H2,1-2H3/t11-/m1/s1. The number of methoxy groups -OCH3 is 1. The topological polar surface area (TPSA) is 68.2 Å². The fraction of sp³-hybridized carbons (Fsp3) is 0.533. The molecule has 1 aromatic carbocycles. The third-order valence-electron chi connectivity index (χ3n) is 3.39. The van der Waals surface area contributed by atoms with E-state index in [0.717, 1.165) is 0 Å². The molecule has 1 amide bonds. The molecule has 1 N–H and O–H groups in total. The van der Waals surface area contributed by atoms with Crippen molar-refractivity contribution < 1.29 is 24.1 Å². The summed E-state index contributed by atoms with van der Waals surface area (Å²) in [5, 5.41) is 9.75. The SMILES string of the molecule is COc1ccc([C@@H](C)O)c(OCC(=O)N2CCOCC2)c1. The molecule has 1 heterocycles. The molecule has 0 aromatic heterocycles. The number of aliphatic hydroxyl groups excluding tert-OH is 1. The summed E-state index contributed by atoms with van der Waals surface area (Å²) in [6.45, 7) is 3.88. The molecule has 1 fully saturated rings. The first-order valence-corrected chi connectivity index (χ1v) is 6.96. The Morgan fingerprint density at radius 1 is 1.43 bits per heavy atom. The molecule has 1 aliphatic rings. The number of carbonyl (C=O) groups is 1. The molecule has 116 valence electrons. The largest absolute Gasteiger partial charge is 0.497 e. The van der Waals surface area contributed by atoms with Gasteiger partial charge in [-0.3, -0.25) is 4.79 Å². The van der Waals surface area contributed by atoms with Crippen molar-refractivity contribution >= 4 is 5.91 Å². The second-order valence-corrected chi connectivity index (χ2v) is 4.86. The van der Waals surface area contributed by atoms with Gasteiger partial charge in [-0.2, -0.15) is 0 Å². The van der Waals surface area contributed by atoms with Gasteiger partial charge < -0.3 is 24.2 Å². The summed E-state index contributed by atoms with van der Waals surface area (Å²) in [5.41, 5.74) is 0.630. The normalized spacial score (nSPS) is 16.4. The van der Waals surface area contributed by atoms with Crippen LogP contribution in [-0.4, -0.2) is 55.9 Å². The van der Waals surface area contributed by atoms with E-state index in [-0.39, 0.29) is 12.5 Å². The number of rotatable bonds is 5. The van der Waals surface area contributed by atoms with Crippen LogP contribution in [0, 0.1) is 0 Å². The predicted octanol–water partition coefficient (Wildman–Crippen LogP) is 0.986. The van der Waals surface area contributed by atoms with E-state index in [4.69, 9.17) is 14.2 Å². The number of ether oxygens (including phenoxy) is 3. The number of hydrogen-bond donors (Lipinski definition) is 1. The fourth-order valence-electron chi connectivity index (χ4n) is 2.16. The minimum absolute atomic E-state index is 0.0626. The van der Waals surface area contributed by atoms with Crippen LogP contribution in [-0.2, 0) is 9.53 Å². The Bertz CT molecular complexity index is 483. The average Bonchev–Trinajstić information content (AvgIpc) is 2.52. The van der Waals surface area contributed by atoms with E-state index in [0.29, 0.717) is 43.4 Å². The Hall–Kier alpha value is -1.79. The Labute approximate surface area is 124 Å². The summed E-state index contributed by atoms with van der Waals surface area (Å²) in [4.78, 5) is 13.8. The van der Waals surface area contributed by atoms with Gasteiger partial charge in [-0.05, 0) is 19.1 Å². The second-order valence-electron chi connectivity index (χ2n) is 4.86. The molecule has 1 saturated heterocycles. The molecule has 0 aliphatic carbocycles. The Balaban J connectivity index is 2.02. The van der Waals surface area contributed by atoms with Crippen molar-refractivity contribution in [1.29, 1.82) is 0 Å². The van der Waals surface area contributed by atoms with Crippen LogP contribution in [0.3, 0.4) is 0 Å². The molecule has 1 atom stereocenters. The van der Waals surface area contributed by atoms with Crippen LogP contribution in [0.25, 0.3) is 0 Å². The fourth-order valence-corrected chi connectivity index (χ4v) is 2.16. The minimum Gasteiger partial charge on any atom is -0.497 e. The first kappa shape index (κ1) is 15.6. The molecule has 1 aliphatic heterocycles. The van der Waals surface area contributed by atoms with Crippen molar-refractivity contribution in [2.45, 2.75) is 13.0 Å². The number of nitrogens with zero attached hydrogens (tertiary/aromatic N) is 1. The Kier molecular flexibility index (Phi) is 5.41. The lowest BCUT2D eigenvalue weighted by Gasteiger charge is -2.27. The molecular formula is C15H21NO5. The summed E-state index contributed by atoms with van der Waals surface area (Å²) in [7, 11) is 1.56. The number of aliphatic hydroxyl groups is 1. The molecule has 0 spiro atoms. The highest BCUT2D eigenvalue weighted by molar-refractivity contribution is 5.77. The molecule has 6 nitrogen and oxygen atoms in total. The van der Waals surface area contributed by atoms with Gasteiger partial charge in [0.15, 0.2) is 6.61 Å². The Morgan fingerprint density at radius 2 is 2.14 bits per heavy atom. The lowest BCUT2D eigenvalue weighted by atomic mass is 10.1. The summed E-state index contributed by atoms with van der Waals surface area (Å²) < 4.78 is 15.9. The van der Waals surface area contributed by atoms with Crippen molar-refractivity contribution in [3.8, 4) is 11.5 Å². The molecule has 0 saturated carbocycles. The molecule has 0 radical (unpaired) electrons. The monoisotopic (exact) mass is 295 g/mol. The van der Waals surface area contributed by atoms with Crippen molar-refractivity contribution in [2.75, 3.05) is 40.0 Å². The molecular weight excluding hydrogens is 274 g/mol. The number of benzene rings is 1. The van der Waals surface area contributed by atoms with Crippen molar-refractivity contribution in [1.82, 2.24) is 4.90 Å². The lowest BCUT2D eigenvalue weighted by Crippen LogP contribution is -2.43. The van der Waals surface area contributed by atoms with E-state index >= 15 is 0 Å². The molecule has 2 rings (SSSR count). The summed E-state index contributed by atoms with van der Waals surface area (Å²) in [6.07, 6.45) is -0.676. The first-order valence-electron chi connectivity index (χ1n) is 6.96. The highest BCUT2D eigenvalue weighted by atomic mass is 16.5. The van der Waals surface area contributed by atoms with Gasteiger partial charge in [0.2, 0.25) is 0 Å².